The zero-order chi connectivity index (χ0) is 22.9. The Morgan fingerprint density at radius 2 is 1.97 bits per heavy atom. The number of nitrogens with zero attached hydrogens (tertiary/aromatic N) is 3. The minimum absolute atomic E-state index is 0.0477. The number of benzene rings is 2. The Bertz CT molecular complexity index is 1040. The van der Waals surface area contributed by atoms with Crippen molar-refractivity contribution < 1.29 is 14.3 Å². The molecule has 1 heterocycles. The molecule has 3 rings (SSSR count). The second kappa shape index (κ2) is 11.7. The van der Waals surface area contributed by atoms with Gasteiger partial charge in [0.15, 0.2) is 11.0 Å². The molecule has 0 aliphatic heterocycles. The fourth-order valence-corrected chi connectivity index (χ4v) is 4.14. The molecule has 0 aliphatic carbocycles. The summed E-state index contributed by atoms with van der Waals surface area (Å²) in [7, 11) is 3.32. The normalized spacial score (nSPS) is 11.9. The van der Waals surface area contributed by atoms with Crippen LogP contribution in [-0.4, -0.2) is 47.5 Å². The quantitative estimate of drug-likeness (QED) is 0.432. The molecule has 1 N–H and O–H groups in total. The Balaban J connectivity index is 1.84. The van der Waals surface area contributed by atoms with E-state index in [4.69, 9.17) is 9.47 Å². The van der Waals surface area contributed by atoms with E-state index in [1.807, 2.05) is 60.0 Å². The Labute approximate surface area is 193 Å². The van der Waals surface area contributed by atoms with Crippen molar-refractivity contribution in [2.75, 3.05) is 20.8 Å². The van der Waals surface area contributed by atoms with Crippen LogP contribution < -0.4 is 10.1 Å². The number of amides is 1. The van der Waals surface area contributed by atoms with Gasteiger partial charge >= 0.3 is 0 Å². The van der Waals surface area contributed by atoms with Crippen molar-refractivity contribution in [3.05, 3.63) is 59.7 Å². The SMILES string of the molecule is CCC(C)NC(=O)c1ccccc1CSc1nnc(-c2cccc(OC)c2)n1CCOC. The predicted octanol–water partition coefficient (Wildman–Crippen LogP) is 4.42. The molecule has 170 valence electrons. The molecule has 1 amide bonds. The summed E-state index contributed by atoms with van der Waals surface area (Å²) < 4.78 is 12.7. The first kappa shape index (κ1) is 23.8. The van der Waals surface area contributed by atoms with Crippen molar-refractivity contribution in [3.63, 3.8) is 0 Å². The molecule has 0 bridgehead atoms. The summed E-state index contributed by atoms with van der Waals surface area (Å²) in [6, 6.07) is 15.6. The molecule has 0 saturated carbocycles. The topological polar surface area (TPSA) is 78.3 Å². The first-order valence-corrected chi connectivity index (χ1v) is 11.6. The monoisotopic (exact) mass is 454 g/mol. The second-order valence-electron chi connectivity index (χ2n) is 7.41. The summed E-state index contributed by atoms with van der Waals surface area (Å²) in [6.45, 7) is 5.22. The maximum absolute atomic E-state index is 12.7. The number of methoxy groups -OCH3 is 2. The minimum atomic E-state index is -0.0477. The number of carbonyl (C=O) groups excluding carboxylic acids is 1. The third-order valence-electron chi connectivity index (χ3n) is 5.17. The van der Waals surface area contributed by atoms with Gasteiger partial charge in [-0.1, -0.05) is 49.0 Å². The lowest BCUT2D eigenvalue weighted by Gasteiger charge is -2.14. The predicted molar refractivity (Wildman–Crippen MR) is 127 cm³/mol. The summed E-state index contributed by atoms with van der Waals surface area (Å²) in [4.78, 5) is 12.7. The Hall–Kier alpha value is -2.84. The lowest BCUT2D eigenvalue weighted by atomic mass is 10.1. The first-order valence-electron chi connectivity index (χ1n) is 10.7. The minimum Gasteiger partial charge on any atom is -0.497 e. The number of nitrogens with one attached hydrogen (secondary N) is 1. The van der Waals surface area contributed by atoms with E-state index in [1.165, 1.54) is 0 Å². The first-order chi connectivity index (χ1) is 15.6. The van der Waals surface area contributed by atoms with Crippen LogP contribution in [0.2, 0.25) is 0 Å². The van der Waals surface area contributed by atoms with Gasteiger partial charge in [-0.25, -0.2) is 0 Å². The van der Waals surface area contributed by atoms with Crippen LogP contribution in [0.5, 0.6) is 5.75 Å². The van der Waals surface area contributed by atoms with Crippen LogP contribution in [0.15, 0.2) is 53.7 Å². The van der Waals surface area contributed by atoms with Gasteiger partial charge in [-0.3, -0.25) is 9.36 Å². The van der Waals surface area contributed by atoms with Gasteiger partial charge in [0.25, 0.3) is 5.91 Å². The van der Waals surface area contributed by atoms with Crippen molar-refractivity contribution in [1.82, 2.24) is 20.1 Å². The summed E-state index contributed by atoms with van der Waals surface area (Å²) in [5, 5.41) is 12.7. The highest BCUT2D eigenvalue weighted by molar-refractivity contribution is 7.98. The zero-order valence-corrected chi connectivity index (χ0v) is 19.8. The number of carbonyl (C=O) groups is 1. The molecule has 8 heteroatoms. The van der Waals surface area contributed by atoms with E-state index < -0.39 is 0 Å². The van der Waals surface area contributed by atoms with Crippen molar-refractivity contribution >= 4 is 17.7 Å². The maximum atomic E-state index is 12.7. The smallest absolute Gasteiger partial charge is 0.251 e. The summed E-state index contributed by atoms with van der Waals surface area (Å²) in [5.74, 6) is 2.08. The average molecular weight is 455 g/mol. The van der Waals surface area contributed by atoms with Gasteiger partial charge in [-0.2, -0.15) is 0 Å². The molecule has 7 nitrogen and oxygen atoms in total. The van der Waals surface area contributed by atoms with Crippen LogP contribution in [0.25, 0.3) is 11.4 Å². The fourth-order valence-electron chi connectivity index (χ4n) is 3.17. The van der Waals surface area contributed by atoms with Crippen molar-refractivity contribution in [1.29, 1.82) is 0 Å². The van der Waals surface area contributed by atoms with Gasteiger partial charge in [-0.15, -0.1) is 10.2 Å². The van der Waals surface area contributed by atoms with Crippen LogP contribution in [0, 0.1) is 0 Å². The third-order valence-corrected chi connectivity index (χ3v) is 6.19. The van der Waals surface area contributed by atoms with Gasteiger partial charge in [0.05, 0.1) is 20.3 Å². The number of hydrogen-bond acceptors (Lipinski definition) is 6. The number of aromatic nitrogens is 3. The molecule has 1 atom stereocenters. The molecule has 0 spiro atoms. The van der Waals surface area contributed by atoms with E-state index in [2.05, 4.69) is 22.4 Å². The number of thioether (sulfide) groups is 1. The number of hydrogen-bond donors (Lipinski definition) is 1. The third kappa shape index (κ3) is 5.89. The molecule has 0 fully saturated rings. The Morgan fingerprint density at radius 3 is 2.72 bits per heavy atom. The highest BCUT2D eigenvalue weighted by Gasteiger charge is 2.17. The Morgan fingerprint density at radius 1 is 1.16 bits per heavy atom. The highest BCUT2D eigenvalue weighted by Crippen LogP contribution is 2.29. The van der Waals surface area contributed by atoms with E-state index in [-0.39, 0.29) is 11.9 Å². The zero-order valence-electron chi connectivity index (χ0n) is 19.0. The van der Waals surface area contributed by atoms with Gasteiger partial charge in [0, 0.05) is 30.0 Å². The van der Waals surface area contributed by atoms with Crippen molar-refractivity contribution in [2.45, 2.75) is 43.8 Å². The molecular formula is C24H30N4O3S. The molecule has 1 unspecified atom stereocenters. The van der Waals surface area contributed by atoms with Gasteiger partial charge in [-0.05, 0) is 37.1 Å². The van der Waals surface area contributed by atoms with Gasteiger partial charge < -0.3 is 14.8 Å². The summed E-state index contributed by atoms with van der Waals surface area (Å²) in [5.41, 5.74) is 2.58. The largest absolute Gasteiger partial charge is 0.497 e. The van der Waals surface area contributed by atoms with Crippen LogP contribution >= 0.6 is 11.8 Å². The van der Waals surface area contributed by atoms with E-state index in [1.54, 1.807) is 26.0 Å². The Kier molecular flexibility index (Phi) is 8.70. The second-order valence-corrected chi connectivity index (χ2v) is 8.35. The van der Waals surface area contributed by atoms with E-state index in [0.717, 1.165) is 34.3 Å². The van der Waals surface area contributed by atoms with Gasteiger partial charge in [0.1, 0.15) is 5.75 Å². The van der Waals surface area contributed by atoms with Crippen molar-refractivity contribution in [2.24, 2.45) is 0 Å². The van der Waals surface area contributed by atoms with E-state index >= 15 is 0 Å². The highest BCUT2D eigenvalue weighted by atomic mass is 32.2. The average Bonchev–Trinajstić information content (AvgIpc) is 3.24. The molecule has 1 aromatic heterocycles. The number of ether oxygens (including phenoxy) is 2. The molecule has 0 radical (unpaired) electrons. The van der Waals surface area contributed by atoms with Crippen LogP contribution in [-0.2, 0) is 17.0 Å². The molecular weight excluding hydrogens is 424 g/mol. The lowest BCUT2D eigenvalue weighted by molar-refractivity contribution is 0.0938. The summed E-state index contributed by atoms with van der Waals surface area (Å²) >= 11 is 1.55. The van der Waals surface area contributed by atoms with Crippen LogP contribution in [0.4, 0.5) is 0 Å². The molecule has 2 aromatic carbocycles. The number of rotatable bonds is 11. The molecule has 0 aliphatic rings. The van der Waals surface area contributed by atoms with Crippen LogP contribution in [0.3, 0.4) is 0 Å². The van der Waals surface area contributed by atoms with Crippen LogP contribution in [0.1, 0.15) is 36.2 Å². The van der Waals surface area contributed by atoms with E-state index in [9.17, 15) is 4.79 Å². The van der Waals surface area contributed by atoms with Gasteiger partial charge in [0.2, 0.25) is 0 Å². The van der Waals surface area contributed by atoms with E-state index in [0.29, 0.717) is 24.5 Å². The standard InChI is InChI=1S/C24H30N4O3S/c1-5-17(2)25-23(29)21-12-7-6-9-19(21)16-32-24-27-26-22(28(24)13-14-30-3)18-10-8-11-20(15-18)31-4/h6-12,15,17H,5,13-14,16H2,1-4H3,(H,25,29). The molecule has 3 aromatic rings. The maximum Gasteiger partial charge on any atom is 0.251 e. The lowest BCUT2D eigenvalue weighted by Crippen LogP contribution is -2.32. The molecule has 32 heavy (non-hydrogen) atoms. The van der Waals surface area contributed by atoms with Crippen molar-refractivity contribution in [3.8, 4) is 17.1 Å². The fraction of sp³-hybridized carbons (Fsp3) is 0.375. The molecule has 0 saturated heterocycles. The summed E-state index contributed by atoms with van der Waals surface area (Å²) in [6.07, 6.45) is 0.887.